The third kappa shape index (κ3) is 4.59. The second-order valence-electron chi connectivity index (χ2n) is 4.11. The van der Waals surface area contributed by atoms with E-state index in [9.17, 15) is 18.3 Å². The topological polar surface area (TPSA) is 92.7 Å². The third-order valence-electron chi connectivity index (χ3n) is 2.68. The van der Waals surface area contributed by atoms with Crippen molar-refractivity contribution in [2.75, 3.05) is 12.4 Å². The molecule has 2 N–H and O–H groups in total. The Balaban J connectivity index is 3.01. The van der Waals surface area contributed by atoms with Crippen LogP contribution in [0.4, 0.5) is 0 Å². The first-order valence-corrected chi connectivity index (χ1v) is 7.96. The Morgan fingerprint density at radius 2 is 1.90 bits per heavy atom. The van der Waals surface area contributed by atoms with Crippen molar-refractivity contribution in [3.8, 4) is 0 Å². The van der Waals surface area contributed by atoms with Gasteiger partial charge in [-0.2, -0.15) is 4.72 Å². The maximum absolute atomic E-state index is 11.8. The van der Waals surface area contributed by atoms with Crippen LogP contribution in [0.3, 0.4) is 0 Å². The van der Waals surface area contributed by atoms with Crippen LogP contribution >= 0.6 is 0 Å². The summed E-state index contributed by atoms with van der Waals surface area (Å²) in [7, 11) is -3.65. The van der Waals surface area contributed by atoms with Crippen molar-refractivity contribution in [3.63, 3.8) is 0 Å². The zero-order valence-electron chi connectivity index (χ0n) is 11.4. The fraction of sp³-hybridized carbons (Fsp3) is 0.462. The summed E-state index contributed by atoms with van der Waals surface area (Å²) < 4.78 is 30.2. The Labute approximate surface area is 118 Å². The van der Waals surface area contributed by atoms with Gasteiger partial charge in [0.15, 0.2) is 0 Å². The minimum Gasteiger partial charge on any atom is -0.465 e. The van der Waals surface area contributed by atoms with E-state index in [1.54, 1.807) is 37.3 Å². The standard InChI is InChI=1S/C13H19NO5S/c1-3-19-13(16)11(14-20(17,18)4-2)12(15)10-8-6-5-7-9-10/h5-9,11-12,14-15H,3-4H2,1-2H3. The Bertz CT molecular complexity index is 529. The number of sulfonamides is 1. The van der Waals surface area contributed by atoms with Crippen molar-refractivity contribution in [3.05, 3.63) is 35.9 Å². The molecule has 0 bridgehead atoms. The van der Waals surface area contributed by atoms with Gasteiger partial charge in [-0.3, -0.25) is 4.79 Å². The second kappa shape index (κ2) is 7.37. The lowest BCUT2D eigenvalue weighted by Gasteiger charge is -2.22. The van der Waals surface area contributed by atoms with Crippen molar-refractivity contribution < 1.29 is 23.1 Å². The van der Waals surface area contributed by atoms with Gasteiger partial charge in [0.2, 0.25) is 10.0 Å². The van der Waals surface area contributed by atoms with E-state index >= 15 is 0 Å². The van der Waals surface area contributed by atoms with Gasteiger partial charge >= 0.3 is 5.97 Å². The molecule has 0 amide bonds. The maximum atomic E-state index is 11.8. The number of hydrogen-bond acceptors (Lipinski definition) is 5. The number of hydrogen-bond donors (Lipinski definition) is 2. The first-order valence-electron chi connectivity index (χ1n) is 6.31. The monoisotopic (exact) mass is 301 g/mol. The summed E-state index contributed by atoms with van der Waals surface area (Å²) in [4.78, 5) is 11.8. The van der Waals surface area contributed by atoms with E-state index in [1.807, 2.05) is 0 Å². The van der Waals surface area contributed by atoms with Crippen LogP contribution in [0.25, 0.3) is 0 Å². The van der Waals surface area contributed by atoms with Crippen LogP contribution in [0.2, 0.25) is 0 Å². The summed E-state index contributed by atoms with van der Waals surface area (Å²) in [5, 5.41) is 10.2. The minimum absolute atomic E-state index is 0.102. The molecule has 1 aromatic carbocycles. The van der Waals surface area contributed by atoms with Gasteiger partial charge in [-0.05, 0) is 19.4 Å². The molecule has 2 atom stereocenters. The molecule has 112 valence electrons. The number of nitrogens with one attached hydrogen (secondary N) is 1. The van der Waals surface area contributed by atoms with Gasteiger partial charge in [0, 0.05) is 0 Å². The lowest BCUT2D eigenvalue weighted by atomic mass is 10.0. The van der Waals surface area contributed by atoms with E-state index in [2.05, 4.69) is 4.72 Å². The van der Waals surface area contributed by atoms with E-state index < -0.39 is 28.1 Å². The first-order chi connectivity index (χ1) is 9.41. The summed E-state index contributed by atoms with van der Waals surface area (Å²) in [5.74, 6) is -0.995. The SMILES string of the molecule is CCOC(=O)C(NS(=O)(=O)CC)C(O)c1ccccc1. The van der Waals surface area contributed by atoms with Crippen LogP contribution in [0.5, 0.6) is 0 Å². The van der Waals surface area contributed by atoms with Gasteiger partial charge in [0.25, 0.3) is 0 Å². The van der Waals surface area contributed by atoms with Gasteiger partial charge < -0.3 is 9.84 Å². The molecule has 0 spiro atoms. The Morgan fingerprint density at radius 3 is 2.40 bits per heavy atom. The first kappa shape index (κ1) is 16.6. The van der Waals surface area contributed by atoms with Crippen LogP contribution in [-0.4, -0.2) is 37.9 Å². The number of aliphatic hydroxyl groups is 1. The van der Waals surface area contributed by atoms with Gasteiger partial charge in [-0.1, -0.05) is 30.3 Å². The lowest BCUT2D eigenvalue weighted by Crippen LogP contribution is -2.46. The molecule has 0 radical (unpaired) electrons. The van der Waals surface area contributed by atoms with E-state index in [1.165, 1.54) is 6.92 Å². The Kier molecular flexibility index (Phi) is 6.12. The largest absolute Gasteiger partial charge is 0.465 e. The number of carbonyl (C=O) groups excluding carboxylic acids is 1. The molecule has 0 aromatic heterocycles. The third-order valence-corrected chi connectivity index (χ3v) is 4.06. The minimum atomic E-state index is -3.65. The van der Waals surface area contributed by atoms with Crippen molar-refractivity contribution in [2.24, 2.45) is 0 Å². The number of carbonyl (C=O) groups is 1. The molecule has 0 saturated carbocycles. The zero-order valence-corrected chi connectivity index (χ0v) is 12.3. The van der Waals surface area contributed by atoms with Gasteiger partial charge in [-0.25, -0.2) is 8.42 Å². The molecular formula is C13H19NO5S. The number of esters is 1. The van der Waals surface area contributed by atoms with Crippen LogP contribution in [0, 0.1) is 0 Å². The highest BCUT2D eigenvalue weighted by Crippen LogP contribution is 2.18. The predicted molar refractivity (Wildman–Crippen MR) is 74.4 cm³/mol. The summed E-state index contributed by atoms with van der Waals surface area (Å²) >= 11 is 0. The highest BCUT2D eigenvalue weighted by molar-refractivity contribution is 7.89. The fourth-order valence-corrected chi connectivity index (χ4v) is 2.37. The second-order valence-corrected chi connectivity index (χ2v) is 6.15. The van der Waals surface area contributed by atoms with Gasteiger partial charge in [-0.15, -0.1) is 0 Å². The highest BCUT2D eigenvalue weighted by Gasteiger charge is 2.32. The van der Waals surface area contributed by atoms with E-state index in [0.29, 0.717) is 5.56 Å². The van der Waals surface area contributed by atoms with E-state index in [4.69, 9.17) is 4.74 Å². The van der Waals surface area contributed by atoms with Crippen LogP contribution < -0.4 is 4.72 Å². The van der Waals surface area contributed by atoms with E-state index in [-0.39, 0.29) is 12.4 Å². The van der Waals surface area contributed by atoms with Crippen LogP contribution in [0.15, 0.2) is 30.3 Å². The average molecular weight is 301 g/mol. The molecule has 2 unspecified atom stereocenters. The molecule has 0 aliphatic heterocycles. The smallest absolute Gasteiger partial charge is 0.327 e. The van der Waals surface area contributed by atoms with Crippen LogP contribution in [0.1, 0.15) is 25.5 Å². The predicted octanol–water partition coefficient (Wildman–Crippen LogP) is 0.591. The fourth-order valence-electron chi connectivity index (χ4n) is 1.59. The van der Waals surface area contributed by atoms with Crippen molar-refractivity contribution in [2.45, 2.75) is 26.0 Å². The summed E-state index contributed by atoms with van der Waals surface area (Å²) in [5.41, 5.74) is 0.435. The van der Waals surface area contributed by atoms with Gasteiger partial charge in [0.05, 0.1) is 12.4 Å². The Morgan fingerprint density at radius 1 is 1.30 bits per heavy atom. The summed E-state index contributed by atoms with van der Waals surface area (Å²) in [6.45, 7) is 3.16. The zero-order chi connectivity index (χ0) is 15.2. The maximum Gasteiger partial charge on any atom is 0.327 e. The van der Waals surface area contributed by atoms with Crippen LogP contribution in [-0.2, 0) is 19.6 Å². The number of rotatable bonds is 7. The molecular weight excluding hydrogens is 282 g/mol. The summed E-state index contributed by atoms with van der Waals surface area (Å²) in [6, 6.07) is 6.99. The molecule has 0 fully saturated rings. The molecule has 6 nitrogen and oxygen atoms in total. The lowest BCUT2D eigenvalue weighted by molar-refractivity contribution is -0.148. The molecule has 0 aliphatic carbocycles. The van der Waals surface area contributed by atoms with Crippen molar-refractivity contribution in [1.82, 2.24) is 4.72 Å². The highest BCUT2D eigenvalue weighted by atomic mass is 32.2. The molecule has 7 heteroatoms. The number of aliphatic hydroxyl groups excluding tert-OH is 1. The Hall–Kier alpha value is -1.44. The molecule has 0 saturated heterocycles. The molecule has 0 aliphatic rings. The summed E-state index contributed by atoms with van der Waals surface area (Å²) in [6.07, 6.45) is -1.31. The molecule has 1 aromatic rings. The average Bonchev–Trinajstić information content (AvgIpc) is 2.45. The molecule has 1 rings (SSSR count). The normalized spacial score (nSPS) is 14.6. The number of ether oxygens (including phenoxy) is 1. The van der Waals surface area contributed by atoms with Crippen molar-refractivity contribution >= 4 is 16.0 Å². The quantitative estimate of drug-likeness (QED) is 0.719. The van der Waals surface area contributed by atoms with E-state index in [0.717, 1.165) is 0 Å². The number of benzene rings is 1. The van der Waals surface area contributed by atoms with Crippen molar-refractivity contribution in [1.29, 1.82) is 0 Å². The molecule has 20 heavy (non-hydrogen) atoms. The molecule has 0 heterocycles. The van der Waals surface area contributed by atoms with Gasteiger partial charge in [0.1, 0.15) is 12.1 Å².